The van der Waals surface area contributed by atoms with E-state index in [1.807, 2.05) is 14.1 Å². The predicted octanol–water partition coefficient (Wildman–Crippen LogP) is 1.11. The number of hydrogen-bond acceptors (Lipinski definition) is 2. The monoisotopic (exact) mass is 142 g/mol. The van der Waals surface area contributed by atoms with Crippen LogP contribution in [0.4, 0.5) is 0 Å². The minimum absolute atomic E-state index is 0.507. The van der Waals surface area contributed by atoms with Gasteiger partial charge in [0.1, 0.15) is 0 Å². The SMILES string of the molecule is CCC(/C=C(/C)NC)NC. The third kappa shape index (κ3) is 3.51. The minimum atomic E-state index is 0.507. The molecule has 10 heavy (non-hydrogen) atoms. The van der Waals surface area contributed by atoms with E-state index in [0.717, 1.165) is 6.42 Å². The molecule has 1 unspecified atom stereocenters. The molecule has 0 amide bonds. The normalized spacial score (nSPS) is 15.0. The van der Waals surface area contributed by atoms with Crippen LogP contribution < -0.4 is 10.6 Å². The van der Waals surface area contributed by atoms with Gasteiger partial charge < -0.3 is 10.6 Å². The zero-order valence-corrected chi connectivity index (χ0v) is 7.36. The number of rotatable bonds is 4. The van der Waals surface area contributed by atoms with Gasteiger partial charge in [-0.15, -0.1) is 0 Å². The Kier molecular flexibility index (Phi) is 5.03. The number of allylic oxidation sites excluding steroid dienone is 1. The van der Waals surface area contributed by atoms with Crippen molar-refractivity contribution in [2.45, 2.75) is 26.3 Å². The third-order valence-electron chi connectivity index (χ3n) is 1.66. The Labute approximate surface area is 63.7 Å². The summed E-state index contributed by atoms with van der Waals surface area (Å²) in [5, 5.41) is 6.29. The Morgan fingerprint density at radius 3 is 2.40 bits per heavy atom. The summed E-state index contributed by atoms with van der Waals surface area (Å²) in [6.07, 6.45) is 3.33. The lowest BCUT2D eigenvalue weighted by Gasteiger charge is -2.09. The lowest BCUT2D eigenvalue weighted by Crippen LogP contribution is -2.23. The Morgan fingerprint density at radius 1 is 1.50 bits per heavy atom. The first-order chi connectivity index (χ1) is 4.74. The summed E-state index contributed by atoms with van der Waals surface area (Å²) in [5.74, 6) is 0. The van der Waals surface area contributed by atoms with Crippen LogP contribution in [0.25, 0.3) is 0 Å². The molecule has 0 aliphatic heterocycles. The molecule has 0 saturated heterocycles. The molecule has 0 fully saturated rings. The third-order valence-corrected chi connectivity index (χ3v) is 1.66. The van der Waals surface area contributed by atoms with Gasteiger partial charge in [-0.2, -0.15) is 0 Å². The van der Waals surface area contributed by atoms with Crippen LogP contribution >= 0.6 is 0 Å². The quantitative estimate of drug-likeness (QED) is 0.614. The van der Waals surface area contributed by atoms with Gasteiger partial charge in [-0.05, 0) is 26.5 Å². The van der Waals surface area contributed by atoms with Gasteiger partial charge in [0, 0.05) is 18.8 Å². The molecule has 2 nitrogen and oxygen atoms in total. The fourth-order valence-corrected chi connectivity index (χ4v) is 0.790. The van der Waals surface area contributed by atoms with Crippen LogP contribution in [0.3, 0.4) is 0 Å². The summed E-state index contributed by atoms with van der Waals surface area (Å²) in [5.41, 5.74) is 1.22. The van der Waals surface area contributed by atoms with Crippen LogP contribution in [-0.4, -0.2) is 20.1 Å². The molecule has 0 spiro atoms. The zero-order valence-electron chi connectivity index (χ0n) is 7.36. The molecule has 0 aromatic heterocycles. The topological polar surface area (TPSA) is 24.1 Å². The molecule has 0 radical (unpaired) electrons. The molecule has 0 aliphatic rings. The van der Waals surface area contributed by atoms with Crippen LogP contribution in [0.2, 0.25) is 0 Å². The van der Waals surface area contributed by atoms with E-state index in [0.29, 0.717) is 6.04 Å². The summed E-state index contributed by atoms with van der Waals surface area (Å²) in [6, 6.07) is 0.507. The molecule has 0 aromatic rings. The van der Waals surface area contributed by atoms with Crippen molar-refractivity contribution in [2.24, 2.45) is 0 Å². The molecule has 1 atom stereocenters. The highest BCUT2D eigenvalue weighted by atomic mass is 14.9. The fourth-order valence-electron chi connectivity index (χ4n) is 0.790. The lowest BCUT2D eigenvalue weighted by atomic mass is 10.2. The zero-order chi connectivity index (χ0) is 7.98. The Bertz CT molecular complexity index is 104. The van der Waals surface area contributed by atoms with E-state index in [2.05, 4.69) is 30.6 Å². The first kappa shape index (κ1) is 9.50. The number of likely N-dealkylation sites (N-methyl/N-ethyl adjacent to an activating group) is 1. The van der Waals surface area contributed by atoms with E-state index in [1.165, 1.54) is 5.70 Å². The highest BCUT2D eigenvalue weighted by molar-refractivity contribution is 5.00. The van der Waals surface area contributed by atoms with Crippen molar-refractivity contribution in [1.82, 2.24) is 10.6 Å². The Hall–Kier alpha value is -0.500. The van der Waals surface area contributed by atoms with Crippen LogP contribution in [-0.2, 0) is 0 Å². The van der Waals surface area contributed by atoms with Gasteiger partial charge in [-0.3, -0.25) is 0 Å². The molecule has 0 saturated carbocycles. The molecule has 60 valence electrons. The molecule has 0 aromatic carbocycles. The van der Waals surface area contributed by atoms with Gasteiger partial charge in [0.25, 0.3) is 0 Å². The van der Waals surface area contributed by atoms with Gasteiger partial charge >= 0.3 is 0 Å². The molecule has 0 aliphatic carbocycles. The molecule has 2 heteroatoms. The van der Waals surface area contributed by atoms with Crippen molar-refractivity contribution in [3.05, 3.63) is 11.8 Å². The van der Waals surface area contributed by atoms with E-state index >= 15 is 0 Å². The molecular formula is C8H18N2. The van der Waals surface area contributed by atoms with Crippen molar-refractivity contribution >= 4 is 0 Å². The van der Waals surface area contributed by atoms with Gasteiger partial charge in [-0.25, -0.2) is 0 Å². The van der Waals surface area contributed by atoms with Gasteiger partial charge in [-0.1, -0.05) is 6.92 Å². The number of hydrogen-bond donors (Lipinski definition) is 2. The van der Waals surface area contributed by atoms with Crippen LogP contribution in [0.15, 0.2) is 11.8 Å². The van der Waals surface area contributed by atoms with Gasteiger partial charge in [0.05, 0.1) is 0 Å². The molecule has 2 N–H and O–H groups in total. The van der Waals surface area contributed by atoms with Crippen molar-refractivity contribution in [2.75, 3.05) is 14.1 Å². The lowest BCUT2D eigenvalue weighted by molar-refractivity contribution is 0.640. The van der Waals surface area contributed by atoms with Gasteiger partial charge in [0.2, 0.25) is 0 Å². The minimum Gasteiger partial charge on any atom is -0.392 e. The maximum atomic E-state index is 3.20. The first-order valence-electron chi connectivity index (χ1n) is 3.78. The van der Waals surface area contributed by atoms with E-state index in [9.17, 15) is 0 Å². The predicted molar refractivity (Wildman–Crippen MR) is 46.0 cm³/mol. The highest BCUT2D eigenvalue weighted by Gasteiger charge is 1.96. The summed E-state index contributed by atoms with van der Waals surface area (Å²) in [6.45, 7) is 4.24. The van der Waals surface area contributed by atoms with Crippen molar-refractivity contribution in [3.63, 3.8) is 0 Å². The average molecular weight is 142 g/mol. The second-order valence-corrected chi connectivity index (χ2v) is 2.40. The maximum absolute atomic E-state index is 3.20. The summed E-state index contributed by atoms with van der Waals surface area (Å²) in [4.78, 5) is 0. The van der Waals surface area contributed by atoms with Crippen LogP contribution in [0.1, 0.15) is 20.3 Å². The second-order valence-electron chi connectivity index (χ2n) is 2.40. The Morgan fingerprint density at radius 2 is 2.10 bits per heavy atom. The van der Waals surface area contributed by atoms with Crippen molar-refractivity contribution in [1.29, 1.82) is 0 Å². The van der Waals surface area contributed by atoms with Gasteiger partial charge in [0.15, 0.2) is 0 Å². The molecule has 0 rings (SSSR count). The fraction of sp³-hybridized carbons (Fsp3) is 0.750. The van der Waals surface area contributed by atoms with Crippen molar-refractivity contribution in [3.8, 4) is 0 Å². The smallest absolute Gasteiger partial charge is 0.0263 e. The molecular weight excluding hydrogens is 124 g/mol. The second kappa shape index (κ2) is 5.30. The average Bonchev–Trinajstić information content (AvgIpc) is 1.99. The largest absolute Gasteiger partial charge is 0.392 e. The standard InChI is InChI=1S/C8H18N2/c1-5-8(10-4)6-7(2)9-3/h6,8-10H,5H2,1-4H3/b7-6-. The van der Waals surface area contributed by atoms with Crippen LogP contribution in [0.5, 0.6) is 0 Å². The van der Waals surface area contributed by atoms with Crippen molar-refractivity contribution < 1.29 is 0 Å². The maximum Gasteiger partial charge on any atom is 0.0263 e. The number of nitrogens with one attached hydrogen (secondary N) is 2. The van der Waals surface area contributed by atoms with E-state index < -0.39 is 0 Å². The highest BCUT2D eigenvalue weighted by Crippen LogP contribution is 1.95. The molecule has 0 bridgehead atoms. The van der Waals surface area contributed by atoms with Crippen LogP contribution in [0, 0.1) is 0 Å². The van der Waals surface area contributed by atoms with E-state index in [-0.39, 0.29) is 0 Å². The van der Waals surface area contributed by atoms with E-state index in [1.54, 1.807) is 0 Å². The summed E-state index contributed by atoms with van der Waals surface area (Å²) in [7, 11) is 3.92. The molecule has 0 heterocycles. The van der Waals surface area contributed by atoms with E-state index in [4.69, 9.17) is 0 Å². The summed E-state index contributed by atoms with van der Waals surface area (Å²) >= 11 is 0. The summed E-state index contributed by atoms with van der Waals surface area (Å²) < 4.78 is 0. The Balaban J connectivity index is 3.80. The first-order valence-corrected chi connectivity index (χ1v) is 3.78.